The van der Waals surface area contributed by atoms with Crippen LogP contribution in [0.25, 0.3) is 11.0 Å². The van der Waals surface area contributed by atoms with Crippen LogP contribution in [0.2, 0.25) is 0 Å². The highest BCUT2D eigenvalue weighted by Crippen LogP contribution is 2.31. The summed E-state index contributed by atoms with van der Waals surface area (Å²) in [5.74, 6) is 0.807. The number of benzene rings is 1. The molecule has 4 rings (SSSR count). The summed E-state index contributed by atoms with van der Waals surface area (Å²) in [5, 5.41) is 3.36. The Balaban J connectivity index is 1.59. The van der Waals surface area contributed by atoms with Crippen LogP contribution in [0.1, 0.15) is 37.5 Å². The third-order valence-electron chi connectivity index (χ3n) is 4.80. The van der Waals surface area contributed by atoms with Gasteiger partial charge in [-0.05, 0) is 43.2 Å². The Bertz CT molecular complexity index is 961. The van der Waals surface area contributed by atoms with E-state index in [1.807, 2.05) is 17.0 Å². The lowest BCUT2D eigenvalue weighted by Gasteiger charge is -2.28. The molecule has 0 unspecified atom stereocenters. The summed E-state index contributed by atoms with van der Waals surface area (Å²) in [7, 11) is 0. The van der Waals surface area contributed by atoms with Gasteiger partial charge in [0, 0.05) is 18.3 Å². The maximum atomic E-state index is 12.9. The van der Waals surface area contributed by atoms with Crippen molar-refractivity contribution in [3.8, 4) is 0 Å². The van der Waals surface area contributed by atoms with Crippen molar-refractivity contribution in [2.75, 3.05) is 11.9 Å². The van der Waals surface area contributed by atoms with E-state index in [9.17, 15) is 9.59 Å². The fourth-order valence-corrected chi connectivity index (χ4v) is 3.49. The Morgan fingerprint density at radius 1 is 1.08 bits per heavy atom. The fraction of sp³-hybridized carbons (Fsp3) is 0.300. The lowest BCUT2D eigenvalue weighted by atomic mass is 10.1. The minimum absolute atomic E-state index is 0.0713. The van der Waals surface area contributed by atoms with Gasteiger partial charge in [0.05, 0.1) is 24.0 Å². The van der Waals surface area contributed by atoms with E-state index in [4.69, 9.17) is 8.83 Å². The molecule has 2 amide bonds. The minimum Gasteiger partial charge on any atom is -0.467 e. The number of urea groups is 1. The van der Waals surface area contributed by atoms with Crippen LogP contribution in [0.3, 0.4) is 0 Å². The van der Waals surface area contributed by atoms with E-state index in [0.717, 1.165) is 31.4 Å². The lowest BCUT2D eigenvalue weighted by Crippen LogP contribution is -2.37. The van der Waals surface area contributed by atoms with Crippen molar-refractivity contribution in [3.63, 3.8) is 0 Å². The highest BCUT2D eigenvalue weighted by atomic mass is 16.3. The van der Waals surface area contributed by atoms with Crippen LogP contribution in [0, 0.1) is 0 Å². The van der Waals surface area contributed by atoms with Gasteiger partial charge >= 0.3 is 6.03 Å². The second-order valence-electron chi connectivity index (χ2n) is 6.50. The van der Waals surface area contributed by atoms with Crippen LogP contribution in [-0.4, -0.2) is 17.5 Å². The van der Waals surface area contributed by atoms with Crippen molar-refractivity contribution in [2.24, 2.45) is 0 Å². The molecule has 1 saturated heterocycles. The highest BCUT2D eigenvalue weighted by Gasteiger charge is 2.28. The molecule has 26 heavy (non-hydrogen) atoms. The molecule has 0 radical (unpaired) electrons. The van der Waals surface area contributed by atoms with Gasteiger partial charge in [-0.2, -0.15) is 0 Å². The largest absolute Gasteiger partial charge is 0.467 e. The molecule has 0 bridgehead atoms. The molecule has 3 aromatic rings. The molecule has 134 valence electrons. The van der Waals surface area contributed by atoms with E-state index in [-0.39, 0.29) is 17.5 Å². The Labute approximate surface area is 150 Å². The van der Waals surface area contributed by atoms with Crippen LogP contribution in [0.5, 0.6) is 0 Å². The summed E-state index contributed by atoms with van der Waals surface area (Å²) in [5.41, 5.74) is 0.938. The molecule has 6 heteroatoms. The second kappa shape index (κ2) is 7.07. The molecule has 0 spiro atoms. The Morgan fingerprint density at radius 3 is 2.85 bits per heavy atom. The normalized spacial score (nSPS) is 17.8. The van der Waals surface area contributed by atoms with E-state index in [0.29, 0.717) is 23.2 Å². The maximum absolute atomic E-state index is 12.9. The Hall–Kier alpha value is -3.02. The molecular formula is C20H20N2O4. The number of nitrogens with one attached hydrogen (secondary N) is 1. The zero-order valence-electron chi connectivity index (χ0n) is 14.3. The number of hydrogen-bond acceptors (Lipinski definition) is 4. The number of carbonyl (C=O) groups is 1. The van der Waals surface area contributed by atoms with Crippen molar-refractivity contribution < 1.29 is 13.6 Å². The SMILES string of the molecule is O=C(Nc1ccc2occc(=O)c2c1)N1CCCCC[C@H]1c1ccco1. The summed E-state index contributed by atoms with van der Waals surface area (Å²) < 4.78 is 10.9. The van der Waals surface area contributed by atoms with Crippen LogP contribution in [0.4, 0.5) is 10.5 Å². The molecule has 1 atom stereocenters. The predicted molar refractivity (Wildman–Crippen MR) is 98.1 cm³/mol. The molecule has 0 aliphatic carbocycles. The number of rotatable bonds is 2. The number of carbonyl (C=O) groups excluding carboxylic acids is 1. The zero-order valence-corrected chi connectivity index (χ0v) is 14.3. The van der Waals surface area contributed by atoms with Crippen molar-refractivity contribution in [3.05, 3.63) is 64.9 Å². The zero-order chi connectivity index (χ0) is 17.9. The standard InChI is InChI=1S/C20H20N2O4/c23-17-9-12-26-18-8-7-14(13-15(17)18)21-20(24)22-10-3-1-2-5-16(22)19-6-4-11-25-19/h4,6-9,11-13,16H,1-3,5,10H2,(H,21,24)/t16-/m0/s1. The van der Waals surface area contributed by atoms with E-state index >= 15 is 0 Å². The quantitative estimate of drug-likeness (QED) is 0.735. The first kappa shape index (κ1) is 16.4. The number of nitrogens with zero attached hydrogens (tertiary/aromatic N) is 1. The third kappa shape index (κ3) is 3.22. The van der Waals surface area contributed by atoms with E-state index in [1.165, 1.54) is 12.3 Å². The molecule has 2 aromatic heterocycles. The highest BCUT2D eigenvalue weighted by molar-refractivity contribution is 5.92. The molecule has 0 saturated carbocycles. The summed E-state index contributed by atoms with van der Waals surface area (Å²) in [6, 6.07) is 9.96. The molecule has 1 aromatic carbocycles. The van der Waals surface area contributed by atoms with Gasteiger partial charge in [0.2, 0.25) is 0 Å². The van der Waals surface area contributed by atoms with E-state index in [1.54, 1.807) is 24.5 Å². The fourth-order valence-electron chi connectivity index (χ4n) is 3.49. The van der Waals surface area contributed by atoms with E-state index < -0.39 is 0 Å². The number of furan rings is 1. The van der Waals surface area contributed by atoms with Gasteiger partial charge in [0.25, 0.3) is 0 Å². The molecule has 1 aliphatic rings. The molecule has 1 N–H and O–H groups in total. The second-order valence-corrected chi connectivity index (χ2v) is 6.50. The first-order valence-electron chi connectivity index (χ1n) is 8.85. The molecule has 1 aliphatic heterocycles. The molecular weight excluding hydrogens is 332 g/mol. The first-order chi connectivity index (χ1) is 12.7. The summed E-state index contributed by atoms with van der Waals surface area (Å²) in [6.07, 6.45) is 7.01. The van der Waals surface area contributed by atoms with E-state index in [2.05, 4.69) is 5.32 Å². The van der Waals surface area contributed by atoms with Crippen LogP contribution in [-0.2, 0) is 0 Å². The monoisotopic (exact) mass is 352 g/mol. The van der Waals surface area contributed by atoms with Crippen molar-refractivity contribution in [1.29, 1.82) is 0 Å². The topological polar surface area (TPSA) is 75.7 Å². The average molecular weight is 352 g/mol. The number of amides is 2. The summed E-state index contributed by atoms with van der Waals surface area (Å²) in [6.45, 7) is 0.674. The van der Waals surface area contributed by atoms with Gasteiger partial charge in [-0.1, -0.05) is 12.8 Å². The van der Waals surface area contributed by atoms with Crippen molar-refractivity contribution >= 4 is 22.7 Å². The molecule has 1 fully saturated rings. The third-order valence-corrected chi connectivity index (χ3v) is 4.80. The van der Waals surface area contributed by atoms with Crippen LogP contribution < -0.4 is 10.7 Å². The van der Waals surface area contributed by atoms with Crippen LogP contribution in [0.15, 0.2) is 62.6 Å². The summed E-state index contributed by atoms with van der Waals surface area (Å²) in [4.78, 5) is 26.7. The van der Waals surface area contributed by atoms with Crippen molar-refractivity contribution in [2.45, 2.75) is 31.7 Å². The predicted octanol–water partition coefficient (Wildman–Crippen LogP) is 4.54. The smallest absolute Gasteiger partial charge is 0.322 e. The number of likely N-dealkylation sites (tertiary alicyclic amines) is 1. The number of fused-ring (bicyclic) bond motifs is 1. The average Bonchev–Trinajstić information content (AvgIpc) is 3.06. The van der Waals surface area contributed by atoms with Gasteiger partial charge in [0.1, 0.15) is 11.3 Å². The summed E-state index contributed by atoms with van der Waals surface area (Å²) >= 11 is 0. The molecule has 6 nitrogen and oxygen atoms in total. The van der Waals surface area contributed by atoms with Gasteiger partial charge in [0.15, 0.2) is 5.43 Å². The van der Waals surface area contributed by atoms with Crippen molar-refractivity contribution in [1.82, 2.24) is 4.90 Å². The maximum Gasteiger partial charge on any atom is 0.322 e. The van der Waals surface area contributed by atoms with Crippen LogP contribution >= 0.6 is 0 Å². The van der Waals surface area contributed by atoms with Gasteiger partial charge < -0.3 is 19.1 Å². The van der Waals surface area contributed by atoms with Gasteiger partial charge in [-0.3, -0.25) is 4.79 Å². The number of hydrogen-bond donors (Lipinski definition) is 1. The first-order valence-corrected chi connectivity index (χ1v) is 8.85. The molecule has 3 heterocycles. The lowest BCUT2D eigenvalue weighted by molar-refractivity contribution is 0.179. The van der Waals surface area contributed by atoms with Gasteiger partial charge in [-0.25, -0.2) is 4.79 Å². The number of anilines is 1. The minimum atomic E-state index is -0.187. The Morgan fingerprint density at radius 2 is 2.00 bits per heavy atom. The van der Waals surface area contributed by atoms with Gasteiger partial charge in [-0.15, -0.1) is 0 Å². The Kier molecular flexibility index (Phi) is 4.48.